The molecular weight excluding hydrogens is 448 g/mol. The molecule has 2 aliphatic rings. The van der Waals surface area contributed by atoms with E-state index in [1.807, 2.05) is 12.1 Å². The molecule has 0 saturated carbocycles. The molecule has 0 bridgehead atoms. The first-order valence-electron chi connectivity index (χ1n) is 8.50. The maximum Gasteiger partial charge on any atom is 0.159 e. The Labute approximate surface area is 165 Å². The van der Waals surface area contributed by atoms with Gasteiger partial charge in [-0.15, -0.1) is 0 Å². The van der Waals surface area contributed by atoms with Gasteiger partial charge in [0.05, 0.1) is 24.2 Å². The van der Waals surface area contributed by atoms with E-state index in [0.29, 0.717) is 18.3 Å². The van der Waals surface area contributed by atoms with Crippen molar-refractivity contribution in [2.75, 3.05) is 31.7 Å². The van der Waals surface area contributed by atoms with Gasteiger partial charge in [0.2, 0.25) is 0 Å². The second kappa shape index (κ2) is 7.75. The fourth-order valence-corrected chi connectivity index (χ4v) is 3.64. The average Bonchev–Trinajstić information content (AvgIpc) is 3.30. The summed E-state index contributed by atoms with van der Waals surface area (Å²) >= 11 is 2.09. The zero-order valence-corrected chi connectivity index (χ0v) is 16.2. The number of halogens is 2. The summed E-state index contributed by atoms with van der Waals surface area (Å²) in [6, 6.07) is 7.00. The Bertz CT molecular complexity index is 825. The van der Waals surface area contributed by atoms with Crippen molar-refractivity contribution < 1.29 is 9.13 Å². The number of nitrogens with zero attached hydrogens (tertiary/aromatic N) is 3. The van der Waals surface area contributed by atoms with E-state index in [2.05, 4.69) is 48.3 Å². The number of aromatic nitrogens is 1. The number of benzene rings is 1. The Balaban J connectivity index is 1.58. The molecule has 1 fully saturated rings. The number of ether oxygens (including phenoxy) is 1. The first-order chi connectivity index (χ1) is 12.7. The molecule has 1 aromatic heterocycles. The van der Waals surface area contributed by atoms with Gasteiger partial charge in [0, 0.05) is 34.4 Å². The van der Waals surface area contributed by atoms with E-state index in [1.165, 1.54) is 6.07 Å². The van der Waals surface area contributed by atoms with E-state index in [4.69, 9.17) is 4.74 Å². The summed E-state index contributed by atoms with van der Waals surface area (Å²) < 4.78 is 20.6. The van der Waals surface area contributed by atoms with Gasteiger partial charge >= 0.3 is 0 Å². The first kappa shape index (κ1) is 17.5. The molecule has 26 heavy (non-hydrogen) atoms. The molecule has 1 atom stereocenters. The molecule has 1 saturated heterocycles. The molecule has 2 N–H and O–H groups in total. The fraction of sp³-hybridized carbons (Fsp3) is 0.333. The van der Waals surface area contributed by atoms with Gasteiger partial charge in [-0.25, -0.2) is 4.39 Å². The summed E-state index contributed by atoms with van der Waals surface area (Å²) in [5, 5.41) is 7.62. The molecule has 2 aromatic rings. The maximum atomic E-state index is 14.2. The number of hydrogen-bond acceptors (Lipinski definition) is 6. The van der Waals surface area contributed by atoms with E-state index in [9.17, 15) is 4.39 Å². The number of pyridine rings is 1. The summed E-state index contributed by atoms with van der Waals surface area (Å²) in [4.78, 5) is 6.39. The van der Waals surface area contributed by atoms with Gasteiger partial charge in [0.15, 0.2) is 5.84 Å². The highest BCUT2D eigenvalue weighted by atomic mass is 127. The highest BCUT2D eigenvalue weighted by molar-refractivity contribution is 14.1. The second-order valence-electron chi connectivity index (χ2n) is 6.37. The van der Waals surface area contributed by atoms with E-state index in [-0.39, 0.29) is 5.82 Å². The van der Waals surface area contributed by atoms with E-state index in [1.54, 1.807) is 18.5 Å². The summed E-state index contributed by atoms with van der Waals surface area (Å²) in [5.74, 6) is 1.05. The van der Waals surface area contributed by atoms with Crippen LogP contribution in [0.4, 0.5) is 15.8 Å². The Morgan fingerprint density at radius 3 is 3.08 bits per heavy atom. The van der Waals surface area contributed by atoms with E-state index in [0.717, 1.165) is 46.8 Å². The lowest BCUT2D eigenvalue weighted by molar-refractivity contribution is 0.180. The zero-order valence-electron chi connectivity index (χ0n) is 14.1. The van der Waals surface area contributed by atoms with Gasteiger partial charge in [0.1, 0.15) is 12.5 Å². The minimum Gasteiger partial charge on any atom is -0.381 e. The molecule has 4 rings (SSSR count). The van der Waals surface area contributed by atoms with Crippen molar-refractivity contribution in [2.45, 2.75) is 6.42 Å². The van der Waals surface area contributed by atoms with Crippen LogP contribution in [0.2, 0.25) is 0 Å². The Hall–Kier alpha value is -1.94. The molecule has 1 aromatic carbocycles. The molecule has 0 spiro atoms. The number of anilines is 2. The molecule has 8 heteroatoms. The van der Waals surface area contributed by atoms with E-state index < -0.39 is 0 Å². The van der Waals surface area contributed by atoms with Gasteiger partial charge in [-0.3, -0.25) is 10.4 Å². The predicted molar refractivity (Wildman–Crippen MR) is 107 cm³/mol. The van der Waals surface area contributed by atoms with Crippen LogP contribution in [0.15, 0.2) is 41.8 Å². The van der Waals surface area contributed by atoms with Crippen LogP contribution in [0.25, 0.3) is 0 Å². The Morgan fingerprint density at radius 1 is 1.35 bits per heavy atom. The van der Waals surface area contributed by atoms with Crippen molar-refractivity contribution in [3.05, 3.63) is 51.6 Å². The third-order valence-electron chi connectivity index (χ3n) is 4.51. The lowest BCUT2D eigenvalue weighted by Crippen LogP contribution is -2.35. The minimum atomic E-state index is -0.293. The van der Waals surface area contributed by atoms with Crippen LogP contribution in [0.3, 0.4) is 0 Å². The largest absolute Gasteiger partial charge is 0.381 e. The molecule has 2 aliphatic heterocycles. The topological polar surface area (TPSA) is 61.8 Å². The fourth-order valence-electron chi connectivity index (χ4n) is 3.19. The molecule has 0 amide bonds. The van der Waals surface area contributed by atoms with Crippen molar-refractivity contribution >= 4 is 39.8 Å². The Morgan fingerprint density at radius 2 is 2.27 bits per heavy atom. The lowest BCUT2D eigenvalue weighted by atomic mass is 10.1. The maximum absolute atomic E-state index is 14.2. The van der Waals surface area contributed by atoms with Crippen molar-refractivity contribution in [2.24, 2.45) is 11.0 Å². The number of hydrogen-bond donors (Lipinski definition) is 2. The van der Waals surface area contributed by atoms with Crippen molar-refractivity contribution in [1.29, 1.82) is 0 Å². The van der Waals surface area contributed by atoms with Gasteiger partial charge in [-0.05, 0) is 53.3 Å². The molecular formula is C18H19FIN5O. The number of hydrazone groups is 1. The van der Waals surface area contributed by atoms with Crippen LogP contribution < -0.4 is 10.7 Å². The van der Waals surface area contributed by atoms with E-state index >= 15 is 0 Å². The van der Waals surface area contributed by atoms with Crippen LogP contribution in [0.5, 0.6) is 0 Å². The van der Waals surface area contributed by atoms with Crippen molar-refractivity contribution in [1.82, 2.24) is 15.3 Å². The highest BCUT2D eigenvalue weighted by Gasteiger charge is 2.26. The highest BCUT2D eigenvalue weighted by Crippen LogP contribution is 2.26. The number of rotatable bonds is 5. The molecule has 6 nitrogen and oxygen atoms in total. The molecule has 136 valence electrons. The molecule has 0 aliphatic carbocycles. The van der Waals surface area contributed by atoms with Crippen LogP contribution >= 0.6 is 22.6 Å². The second-order valence-corrected chi connectivity index (χ2v) is 7.62. The van der Waals surface area contributed by atoms with Crippen LogP contribution in [0.1, 0.15) is 12.0 Å². The third-order valence-corrected chi connectivity index (χ3v) is 5.18. The normalized spacial score (nSPS) is 19.4. The number of amidine groups is 1. The standard InChI is InChI=1S/C18H19FIN5O/c19-15-7-13(20)1-2-16(15)23-17-8-21-5-3-14(17)18-24-22-11-25(18)9-12-4-6-26-10-12/h1-3,5,7-8,12,22-23H,4,6,9-11H2. The Kier molecular flexibility index (Phi) is 5.21. The predicted octanol–water partition coefficient (Wildman–Crippen LogP) is 3.13. The van der Waals surface area contributed by atoms with Gasteiger partial charge in [0.25, 0.3) is 0 Å². The van der Waals surface area contributed by atoms with Crippen LogP contribution in [-0.4, -0.2) is 42.1 Å². The summed E-state index contributed by atoms with van der Waals surface area (Å²) in [6.45, 7) is 3.16. The lowest BCUT2D eigenvalue weighted by Gasteiger charge is -2.23. The third kappa shape index (κ3) is 3.75. The molecule has 0 radical (unpaired) electrons. The number of nitrogens with one attached hydrogen (secondary N) is 2. The summed E-state index contributed by atoms with van der Waals surface area (Å²) in [6.07, 6.45) is 4.49. The van der Waals surface area contributed by atoms with Crippen LogP contribution in [-0.2, 0) is 4.74 Å². The zero-order chi connectivity index (χ0) is 17.9. The van der Waals surface area contributed by atoms with Gasteiger partial charge < -0.3 is 15.0 Å². The smallest absolute Gasteiger partial charge is 0.159 e. The summed E-state index contributed by atoms with van der Waals surface area (Å²) in [5.41, 5.74) is 5.09. The van der Waals surface area contributed by atoms with Crippen molar-refractivity contribution in [3.63, 3.8) is 0 Å². The quantitative estimate of drug-likeness (QED) is 0.662. The first-order valence-corrected chi connectivity index (χ1v) is 9.58. The van der Waals surface area contributed by atoms with Gasteiger partial charge in [-0.2, -0.15) is 5.10 Å². The van der Waals surface area contributed by atoms with Gasteiger partial charge in [-0.1, -0.05) is 0 Å². The SMILES string of the molecule is Fc1cc(I)ccc1Nc1cnccc1C1=NNCN1CC1CCOC1. The van der Waals surface area contributed by atoms with Crippen LogP contribution in [0, 0.1) is 15.3 Å². The molecule has 3 heterocycles. The van der Waals surface area contributed by atoms with Crippen molar-refractivity contribution in [3.8, 4) is 0 Å². The monoisotopic (exact) mass is 467 g/mol. The average molecular weight is 467 g/mol. The molecule has 1 unspecified atom stereocenters. The minimum absolute atomic E-state index is 0.293. The summed E-state index contributed by atoms with van der Waals surface area (Å²) in [7, 11) is 0.